The van der Waals surface area contributed by atoms with E-state index in [1.165, 1.54) is 89.9 Å². The summed E-state index contributed by atoms with van der Waals surface area (Å²) in [5.74, 6) is 8.25. The van der Waals surface area contributed by atoms with Crippen molar-refractivity contribution in [3.63, 3.8) is 0 Å². The maximum Gasteiger partial charge on any atom is 0.311 e. The molecule has 0 saturated carbocycles. The van der Waals surface area contributed by atoms with Gasteiger partial charge in [-0.05, 0) is 216 Å². The van der Waals surface area contributed by atoms with Gasteiger partial charge in [-0.2, -0.15) is 0 Å². The van der Waals surface area contributed by atoms with Crippen LogP contribution < -0.4 is 18.9 Å². The van der Waals surface area contributed by atoms with Crippen molar-refractivity contribution in [3.8, 4) is 23.0 Å². The summed E-state index contributed by atoms with van der Waals surface area (Å²) in [5.41, 5.74) is 7.61. The number of carbonyl (C=O) groups is 4. The lowest BCUT2D eigenvalue weighted by Gasteiger charge is -2.38. The molecule has 93 heavy (non-hydrogen) atoms. The van der Waals surface area contributed by atoms with E-state index in [9.17, 15) is 19.2 Å². The van der Waals surface area contributed by atoms with E-state index in [0.717, 1.165) is 200 Å². The van der Waals surface area contributed by atoms with Crippen molar-refractivity contribution in [2.24, 2.45) is 35.5 Å². The molecular weight excluding hydrogens is 1200 g/mol. The van der Waals surface area contributed by atoms with E-state index < -0.39 is 11.9 Å². The Morgan fingerprint density at radius 3 is 1.14 bits per heavy atom. The first-order valence-electron chi connectivity index (χ1n) is 37.1. The minimum Gasteiger partial charge on any atom is -0.487 e. The summed E-state index contributed by atoms with van der Waals surface area (Å²) in [6.07, 6.45) is 29.0. The summed E-state index contributed by atoms with van der Waals surface area (Å²) >= 11 is 0. The average molecular weight is 1340 g/mol. The number of rotatable bonds is 48. The van der Waals surface area contributed by atoms with Gasteiger partial charge in [-0.3, -0.25) is 19.2 Å². The topological polar surface area (TPSA) is 130 Å². The Morgan fingerprint density at radius 1 is 0.419 bits per heavy atom. The summed E-state index contributed by atoms with van der Waals surface area (Å²) in [5, 5.41) is 0. The van der Waals surface area contributed by atoms with E-state index in [0.29, 0.717) is 24.7 Å². The SMILES string of the molecule is Cc1c(C)c2c(c(C)c1OC(=O)CCC(=O)OCCCN(C)CCCSSCCN(C)CCCOC(=O)CCC(=O)Oc1c(C)c(C)c3c(c1C)CCC(C)(CCCC(C)CCCC(C)CCCC(C)C)O3)CCC(C)(CCCC(C)CCCC(C)CCCC(C)C)O2. The number of esters is 4. The van der Waals surface area contributed by atoms with E-state index in [1.807, 2.05) is 49.3 Å². The fourth-order valence-electron chi connectivity index (χ4n) is 13.7. The normalized spacial score (nSPS) is 17.6. The van der Waals surface area contributed by atoms with Crippen LogP contribution in [0.25, 0.3) is 0 Å². The van der Waals surface area contributed by atoms with Gasteiger partial charge in [0.15, 0.2) is 0 Å². The molecule has 0 N–H and O–H groups in total. The third kappa shape index (κ3) is 30.9. The van der Waals surface area contributed by atoms with E-state index in [-0.39, 0.29) is 48.8 Å². The Labute approximate surface area is 575 Å². The number of ether oxygens (including phenoxy) is 6. The minimum absolute atomic E-state index is 0.0119. The van der Waals surface area contributed by atoms with Crippen LogP contribution in [0, 0.1) is 77.0 Å². The van der Waals surface area contributed by atoms with Crippen LogP contribution in [0.3, 0.4) is 0 Å². The predicted octanol–water partition coefficient (Wildman–Crippen LogP) is 20.2. The molecule has 12 nitrogen and oxygen atoms in total. The van der Waals surface area contributed by atoms with Gasteiger partial charge in [0.2, 0.25) is 0 Å². The van der Waals surface area contributed by atoms with Crippen LogP contribution in [-0.2, 0) is 41.5 Å². The monoisotopic (exact) mass is 1330 g/mol. The molecule has 0 radical (unpaired) electrons. The fourth-order valence-corrected chi connectivity index (χ4v) is 15.8. The average Bonchev–Trinajstić information content (AvgIpc) is 0.772. The zero-order valence-corrected chi connectivity index (χ0v) is 64.1. The molecule has 2 aromatic carbocycles. The molecule has 0 aliphatic carbocycles. The predicted molar refractivity (Wildman–Crippen MR) is 391 cm³/mol. The van der Waals surface area contributed by atoms with Crippen molar-refractivity contribution in [1.82, 2.24) is 9.80 Å². The summed E-state index contributed by atoms with van der Waals surface area (Å²) in [4.78, 5) is 56.0. The first-order valence-corrected chi connectivity index (χ1v) is 39.6. The number of carbonyl (C=O) groups excluding carboxylic acids is 4. The second-order valence-corrected chi connectivity index (χ2v) is 33.2. The quantitative estimate of drug-likeness (QED) is 0.0270. The van der Waals surface area contributed by atoms with Gasteiger partial charge in [0, 0.05) is 42.3 Å². The van der Waals surface area contributed by atoms with Gasteiger partial charge in [0.05, 0.1) is 38.9 Å². The van der Waals surface area contributed by atoms with Crippen molar-refractivity contribution in [2.75, 3.05) is 65.0 Å². The van der Waals surface area contributed by atoms with Gasteiger partial charge < -0.3 is 38.2 Å². The largest absolute Gasteiger partial charge is 0.487 e. The highest BCUT2D eigenvalue weighted by Gasteiger charge is 2.37. The first-order chi connectivity index (χ1) is 44.1. The van der Waals surface area contributed by atoms with E-state index in [2.05, 4.69) is 107 Å². The highest BCUT2D eigenvalue weighted by atomic mass is 33.1. The highest BCUT2D eigenvalue weighted by Crippen LogP contribution is 2.47. The number of nitrogens with zero attached hydrogens (tertiary/aromatic N) is 2. The number of fused-ring (bicyclic) bond motifs is 2. The smallest absolute Gasteiger partial charge is 0.311 e. The minimum atomic E-state index is -0.426. The molecule has 0 aromatic heterocycles. The van der Waals surface area contributed by atoms with Gasteiger partial charge in [-0.1, -0.05) is 167 Å². The lowest BCUT2D eigenvalue weighted by Crippen LogP contribution is -2.37. The molecule has 2 aliphatic rings. The van der Waals surface area contributed by atoms with Crippen molar-refractivity contribution >= 4 is 45.5 Å². The molecule has 0 spiro atoms. The second-order valence-electron chi connectivity index (χ2n) is 30.5. The maximum absolute atomic E-state index is 13.1. The Hall–Kier alpha value is -3.46. The Bertz CT molecular complexity index is 2400. The van der Waals surface area contributed by atoms with Crippen molar-refractivity contribution in [2.45, 2.75) is 308 Å². The molecule has 14 heteroatoms. The third-order valence-corrected chi connectivity index (χ3v) is 22.9. The van der Waals surface area contributed by atoms with Crippen LogP contribution in [-0.4, -0.2) is 110 Å². The second kappa shape index (κ2) is 43.1. The van der Waals surface area contributed by atoms with Gasteiger partial charge in [0.25, 0.3) is 0 Å². The Balaban J connectivity index is 0.988. The first kappa shape index (κ1) is 82.0. The molecule has 0 amide bonds. The molecule has 2 aromatic rings. The van der Waals surface area contributed by atoms with Crippen LogP contribution in [0.2, 0.25) is 0 Å². The lowest BCUT2D eigenvalue weighted by atomic mass is 9.83. The van der Waals surface area contributed by atoms with Crippen LogP contribution >= 0.6 is 21.6 Å². The highest BCUT2D eigenvalue weighted by molar-refractivity contribution is 8.76. The molecule has 0 bridgehead atoms. The van der Waals surface area contributed by atoms with Crippen LogP contribution in [0.5, 0.6) is 23.0 Å². The molecule has 6 unspecified atom stereocenters. The van der Waals surface area contributed by atoms with Gasteiger partial charge >= 0.3 is 23.9 Å². The van der Waals surface area contributed by atoms with E-state index >= 15 is 0 Å². The fraction of sp³-hybridized carbons (Fsp3) is 0.797. The maximum atomic E-state index is 13.1. The summed E-state index contributed by atoms with van der Waals surface area (Å²) in [7, 11) is 7.94. The van der Waals surface area contributed by atoms with Gasteiger partial charge in [0.1, 0.15) is 34.2 Å². The lowest BCUT2D eigenvalue weighted by molar-refractivity contribution is -0.147. The van der Waals surface area contributed by atoms with E-state index in [1.54, 1.807) is 0 Å². The molecular formula is C79H134N2O10S2. The molecule has 6 atom stereocenters. The van der Waals surface area contributed by atoms with Crippen molar-refractivity contribution in [3.05, 3.63) is 44.5 Å². The zero-order chi connectivity index (χ0) is 68.7. The molecule has 2 aliphatic heterocycles. The summed E-state index contributed by atoms with van der Waals surface area (Å²) in [6.45, 7) is 39.8. The van der Waals surface area contributed by atoms with E-state index in [4.69, 9.17) is 28.4 Å². The molecule has 0 saturated heterocycles. The standard InChI is InChI=1S/C79H134N2O10S2/c1-56(2)28-19-30-58(5)32-21-34-60(7)36-23-44-78(15)46-42-68-66(13)74(62(9)64(11)76(68)90-78)88-72(84)40-38-70(82)86-52-25-48-80(17)50-27-54-92-93-55-51-81(18)49-26-53-87-71(83)39-41-73(85)89-75-63(10)65(12)77-69(67(75)14)43-47-79(16,91-77)45-24-37-61(8)35-22-33-59(6)31-20-29-57(3)4/h56-61H,19-55H2,1-18H3. The molecule has 2 heterocycles. The van der Waals surface area contributed by atoms with Crippen LogP contribution in [0.1, 0.15) is 287 Å². The van der Waals surface area contributed by atoms with Crippen LogP contribution in [0.4, 0.5) is 0 Å². The van der Waals surface area contributed by atoms with Crippen LogP contribution in [0.15, 0.2) is 0 Å². The number of hydrogen-bond donors (Lipinski definition) is 0. The Kier molecular flexibility index (Phi) is 37.9. The number of hydrogen-bond acceptors (Lipinski definition) is 14. The Morgan fingerprint density at radius 2 is 0.753 bits per heavy atom. The molecule has 532 valence electrons. The molecule has 0 fully saturated rings. The van der Waals surface area contributed by atoms with Gasteiger partial charge in [-0.15, -0.1) is 0 Å². The molecule has 4 rings (SSSR count). The van der Waals surface area contributed by atoms with Crippen molar-refractivity contribution in [1.29, 1.82) is 0 Å². The van der Waals surface area contributed by atoms with Crippen molar-refractivity contribution < 1.29 is 47.6 Å². The third-order valence-electron chi connectivity index (χ3n) is 20.5. The van der Waals surface area contributed by atoms with Gasteiger partial charge in [-0.25, -0.2) is 0 Å². The zero-order valence-electron chi connectivity index (χ0n) is 62.4. The summed E-state index contributed by atoms with van der Waals surface area (Å²) in [6, 6.07) is 0. The number of benzene rings is 2. The summed E-state index contributed by atoms with van der Waals surface area (Å²) < 4.78 is 36.6.